The minimum atomic E-state index is -0.685. The van der Waals surface area contributed by atoms with Crippen molar-refractivity contribution in [1.29, 1.82) is 0 Å². The van der Waals surface area contributed by atoms with Crippen molar-refractivity contribution in [3.05, 3.63) is 0 Å². The van der Waals surface area contributed by atoms with Crippen molar-refractivity contribution in [2.24, 2.45) is 5.73 Å². The lowest BCUT2D eigenvalue weighted by Crippen LogP contribution is -2.52. The molecule has 1 aliphatic heterocycles. The number of amides is 3. The number of hydrogen-bond acceptors (Lipinski definition) is 4. The van der Waals surface area contributed by atoms with Crippen LogP contribution in [0.5, 0.6) is 0 Å². The average molecular weight is 242 g/mol. The Kier molecular flexibility index (Phi) is 4.89. The van der Waals surface area contributed by atoms with Crippen LogP contribution in [0.3, 0.4) is 0 Å². The molecule has 1 aliphatic rings. The summed E-state index contributed by atoms with van der Waals surface area (Å²) in [6.45, 7) is 1.00. The molecule has 17 heavy (non-hydrogen) atoms. The minimum Gasteiger partial charge on any atom is -0.347 e. The molecule has 7 nitrogen and oxygen atoms in total. The van der Waals surface area contributed by atoms with Crippen LogP contribution in [-0.4, -0.2) is 55.3 Å². The zero-order chi connectivity index (χ0) is 12.8. The van der Waals surface area contributed by atoms with Crippen LogP contribution >= 0.6 is 0 Å². The van der Waals surface area contributed by atoms with Crippen molar-refractivity contribution in [1.82, 2.24) is 15.5 Å². The summed E-state index contributed by atoms with van der Waals surface area (Å²) >= 11 is 0. The number of nitrogens with one attached hydrogen (secondary N) is 2. The molecule has 1 rings (SSSR count). The highest BCUT2D eigenvalue weighted by Crippen LogP contribution is 2.09. The van der Waals surface area contributed by atoms with E-state index in [-0.39, 0.29) is 18.5 Å². The van der Waals surface area contributed by atoms with E-state index in [0.29, 0.717) is 25.9 Å². The zero-order valence-electron chi connectivity index (χ0n) is 9.86. The Labute approximate surface area is 99.7 Å². The van der Waals surface area contributed by atoms with E-state index in [9.17, 15) is 14.4 Å². The van der Waals surface area contributed by atoms with Crippen LogP contribution in [0, 0.1) is 0 Å². The fraction of sp³-hybridized carbons (Fsp3) is 0.700. The molecule has 3 amide bonds. The van der Waals surface area contributed by atoms with Gasteiger partial charge in [0.05, 0.1) is 0 Å². The molecular formula is C10H18N4O3. The van der Waals surface area contributed by atoms with Crippen LogP contribution in [0.25, 0.3) is 0 Å². The van der Waals surface area contributed by atoms with Crippen molar-refractivity contribution in [2.75, 3.05) is 26.7 Å². The lowest BCUT2D eigenvalue weighted by Gasteiger charge is -2.29. The Morgan fingerprint density at radius 1 is 1.47 bits per heavy atom. The molecule has 0 bridgehead atoms. The maximum atomic E-state index is 11.4. The van der Waals surface area contributed by atoms with Crippen molar-refractivity contribution in [2.45, 2.75) is 18.9 Å². The summed E-state index contributed by atoms with van der Waals surface area (Å²) in [4.78, 5) is 35.5. The van der Waals surface area contributed by atoms with Crippen LogP contribution in [0.2, 0.25) is 0 Å². The van der Waals surface area contributed by atoms with Crippen molar-refractivity contribution in [3.8, 4) is 0 Å². The first kappa shape index (κ1) is 13.4. The molecule has 0 spiro atoms. The van der Waals surface area contributed by atoms with Gasteiger partial charge >= 0.3 is 11.8 Å². The highest BCUT2D eigenvalue weighted by molar-refractivity contribution is 6.35. The SMILES string of the molecule is CN1CC(NC(=O)C(=O)NCCN)CCC1=O. The van der Waals surface area contributed by atoms with Gasteiger partial charge in [-0.1, -0.05) is 0 Å². The van der Waals surface area contributed by atoms with Gasteiger partial charge < -0.3 is 21.3 Å². The van der Waals surface area contributed by atoms with Crippen LogP contribution in [0.1, 0.15) is 12.8 Å². The quantitative estimate of drug-likeness (QED) is 0.488. The van der Waals surface area contributed by atoms with Gasteiger partial charge in [0.25, 0.3) is 0 Å². The number of hydrogen-bond donors (Lipinski definition) is 3. The third-order valence-electron chi connectivity index (χ3n) is 2.60. The van der Waals surface area contributed by atoms with Gasteiger partial charge in [0.1, 0.15) is 0 Å². The second-order valence-electron chi connectivity index (χ2n) is 4.03. The Bertz CT molecular complexity index is 319. The van der Waals surface area contributed by atoms with Crippen LogP contribution in [0.15, 0.2) is 0 Å². The van der Waals surface area contributed by atoms with Crippen molar-refractivity contribution >= 4 is 17.7 Å². The highest BCUT2D eigenvalue weighted by Gasteiger charge is 2.25. The molecule has 1 saturated heterocycles. The molecule has 0 aromatic rings. The molecule has 1 heterocycles. The van der Waals surface area contributed by atoms with Gasteiger partial charge in [-0.05, 0) is 6.42 Å². The topological polar surface area (TPSA) is 105 Å². The highest BCUT2D eigenvalue weighted by atomic mass is 16.2. The van der Waals surface area contributed by atoms with E-state index in [4.69, 9.17) is 5.73 Å². The fourth-order valence-electron chi connectivity index (χ4n) is 1.65. The molecule has 0 saturated carbocycles. The number of nitrogens with zero attached hydrogens (tertiary/aromatic N) is 1. The Morgan fingerprint density at radius 2 is 2.18 bits per heavy atom. The average Bonchev–Trinajstić information content (AvgIpc) is 2.30. The monoisotopic (exact) mass is 242 g/mol. The zero-order valence-corrected chi connectivity index (χ0v) is 9.86. The van der Waals surface area contributed by atoms with Gasteiger partial charge in [-0.15, -0.1) is 0 Å². The largest absolute Gasteiger partial charge is 0.347 e. The van der Waals surface area contributed by atoms with E-state index in [1.165, 1.54) is 0 Å². The number of likely N-dealkylation sites (N-methyl/N-ethyl adjacent to an activating group) is 1. The summed E-state index contributed by atoms with van der Waals surface area (Å²) in [6, 6.07) is -0.158. The summed E-state index contributed by atoms with van der Waals surface area (Å²) in [5.41, 5.74) is 5.20. The molecule has 0 aromatic carbocycles. The van der Waals surface area contributed by atoms with Gasteiger partial charge in [-0.3, -0.25) is 14.4 Å². The molecule has 7 heteroatoms. The molecule has 96 valence electrons. The maximum Gasteiger partial charge on any atom is 0.309 e. The van der Waals surface area contributed by atoms with E-state index >= 15 is 0 Å². The van der Waals surface area contributed by atoms with E-state index in [1.54, 1.807) is 11.9 Å². The summed E-state index contributed by atoms with van der Waals surface area (Å²) in [6.07, 6.45) is 0.963. The minimum absolute atomic E-state index is 0.0584. The number of carbonyl (C=O) groups excluding carboxylic acids is 3. The standard InChI is InChI=1S/C10H18N4O3/c1-14-6-7(2-3-8(14)15)13-10(17)9(16)12-5-4-11/h7H,2-6,11H2,1H3,(H,12,16)(H,13,17). The Hall–Kier alpha value is -1.63. The predicted octanol–water partition coefficient (Wildman–Crippen LogP) is -2.20. The van der Waals surface area contributed by atoms with Gasteiger partial charge in [0.15, 0.2) is 0 Å². The normalized spacial score (nSPS) is 20.0. The third kappa shape index (κ3) is 4.03. The summed E-state index contributed by atoms with van der Waals surface area (Å²) in [5, 5.41) is 4.98. The second-order valence-corrected chi connectivity index (χ2v) is 4.03. The summed E-state index contributed by atoms with van der Waals surface area (Å²) in [5.74, 6) is -1.30. The van der Waals surface area contributed by atoms with Gasteiger partial charge in [-0.25, -0.2) is 0 Å². The first-order valence-corrected chi connectivity index (χ1v) is 5.57. The van der Waals surface area contributed by atoms with E-state index < -0.39 is 11.8 Å². The molecule has 4 N–H and O–H groups in total. The van der Waals surface area contributed by atoms with E-state index in [2.05, 4.69) is 10.6 Å². The second kappa shape index (κ2) is 6.19. The first-order valence-electron chi connectivity index (χ1n) is 5.57. The Morgan fingerprint density at radius 3 is 2.76 bits per heavy atom. The molecule has 1 fully saturated rings. The molecule has 0 aliphatic carbocycles. The van der Waals surface area contributed by atoms with Crippen molar-refractivity contribution in [3.63, 3.8) is 0 Å². The summed E-state index contributed by atoms with van der Waals surface area (Å²) < 4.78 is 0. The molecular weight excluding hydrogens is 224 g/mol. The van der Waals surface area contributed by atoms with Gasteiger partial charge in [-0.2, -0.15) is 0 Å². The predicted molar refractivity (Wildman–Crippen MR) is 60.9 cm³/mol. The number of carbonyl (C=O) groups is 3. The lowest BCUT2D eigenvalue weighted by molar-refractivity contribution is -0.140. The molecule has 1 atom stereocenters. The number of piperidine rings is 1. The summed E-state index contributed by atoms with van der Waals surface area (Å²) in [7, 11) is 1.68. The molecule has 1 unspecified atom stereocenters. The van der Waals surface area contributed by atoms with Gasteiger partial charge in [0, 0.05) is 39.1 Å². The third-order valence-corrected chi connectivity index (χ3v) is 2.60. The first-order chi connectivity index (χ1) is 8.04. The number of nitrogens with two attached hydrogens (primary N) is 1. The molecule has 0 radical (unpaired) electrons. The van der Waals surface area contributed by atoms with Crippen LogP contribution in [-0.2, 0) is 14.4 Å². The fourth-order valence-corrected chi connectivity index (χ4v) is 1.65. The van der Waals surface area contributed by atoms with Crippen LogP contribution < -0.4 is 16.4 Å². The van der Waals surface area contributed by atoms with E-state index in [1.807, 2.05) is 0 Å². The number of likely N-dealkylation sites (tertiary alicyclic amines) is 1. The van der Waals surface area contributed by atoms with Gasteiger partial charge in [0.2, 0.25) is 5.91 Å². The van der Waals surface area contributed by atoms with E-state index in [0.717, 1.165) is 0 Å². The Balaban J connectivity index is 2.36. The maximum absolute atomic E-state index is 11.4. The number of rotatable bonds is 3. The molecule has 0 aromatic heterocycles. The van der Waals surface area contributed by atoms with Crippen molar-refractivity contribution < 1.29 is 14.4 Å². The smallest absolute Gasteiger partial charge is 0.309 e. The van der Waals surface area contributed by atoms with Crippen LogP contribution in [0.4, 0.5) is 0 Å². The lowest BCUT2D eigenvalue weighted by atomic mass is 10.1.